The van der Waals surface area contributed by atoms with E-state index in [1.165, 1.54) is 6.20 Å². The van der Waals surface area contributed by atoms with Crippen molar-refractivity contribution in [3.63, 3.8) is 0 Å². The van der Waals surface area contributed by atoms with E-state index in [1.54, 1.807) is 18.2 Å². The van der Waals surface area contributed by atoms with E-state index >= 15 is 0 Å². The molecule has 0 aliphatic heterocycles. The molecule has 0 bridgehead atoms. The quantitative estimate of drug-likeness (QED) is 0.433. The number of nitrogens with zero attached hydrogens (tertiary/aromatic N) is 2. The molecular formula is C21H20F2N4O2. The molecule has 0 atom stereocenters. The third kappa shape index (κ3) is 6.76. The summed E-state index contributed by atoms with van der Waals surface area (Å²) in [5, 5.41) is 2.99. The summed E-state index contributed by atoms with van der Waals surface area (Å²) in [5.41, 5.74) is 7.39. The third-order valence-corrected chi connectivity index (χ3v) is 3.67. The lowest BCUT2D eigenvalue weighted by molar-refractivity contribution is 0.0795. The topological polar surface area (TPSA) is 81.8 Å². The van der Waals surface area contributed by atoms with Gasteiger partial charge in [0.1, 0.15) is 11.5 Å². The van der Waals surface area contributed by atoms with Gasteiger partial charge in [-0.25, -0.2) is 18.8 Å². The van der Waals surface area contributed by atoms with Gasteiger partial charge in [-0.05, 0) is 35.9 Å². The van der Waals surface area contributed by atoms with Crippen LogP contribution in [0.1, 0.15) is 5.56 Å². The Balaban J connectivity index is 1.58. The number of hydrogen-bond acceptors (Lipinski definition) is 4. The monoisotopic (exact) mass is 398 g/mol. The van der Waals surface area contributed by atoms with E-state index in [0.29, 0.717) is 5.75 Å². The smallest absolute Gasteiger partial charge is 0.272 e. The summed E-state index contributed by atoms with van der Waals surface area (Å²) < 4.78 is 35.1. The second-order valence-electron chi connectivity index (χ2n) is 5.97. The number of aliphatic imine (C=N–C) groups is 1. The summed E-state index contributed by atoms with van der Waals surface area (Å²) in [4.78, 5) is 8.14. The van der Waals surface area contributed by atoms with Crippen molar-refractivity contribution >= 4 is 11.6 Å². The van der Waals surface area contributed by atoms with E-state index < -0.39 is 13.0 Å². The van der Waals surface area contributed by atoms with Crippen LogP contribution in [-0.4, -0.2) is 24.0 Å². The number of alkyl halides is 2. The standard InChI is InChI=1S/C21H20F2N4O2/c22-19(23)14-28-20-11-15(9-10-25-20)13-26-21(24)27-16-5-4-8-18(12-16)29-17-6-2-1-3-7-17/h1-12,19H,13-14H2,(H3,24,26,27). The second-order valence-corrected chi connectivity index (χ2v) is 5.97. The maximum Gasteiger partial charge on any atom is 0.272 e. The zero-order valence-corrected chi connectivity index (χ0v) is 15.5. The van der Waals surface area contributed by atoms with Crippen LogP contribution >= 0.6 is 0 Å². The predicted octanol–water partition coefficient (Wildman–Crippen LogP) is 4.44. The molecule has 0 saturated heterocycles. The minimum Gasteiger partial charge on any atom is -0.472 e. The van der Waals surface area contributed by atoms with Gasteiger partial charge in [0.2, 0.25) is 5.88 Å². The highest BCUT2D eigenvalue weighted by atomic mass is 19.3. The fraction of sp³-hybridized carbons (Fsp3) is 0.143. The minimum atomic E-state index is -2.56. The molecule has 0 radical (unpaired) electrons. The molecule has 2 aromatic carbocycles. The predicted molar refractivity (Wildman–Crippen MR) is 108 cm³/mol. The molecule has 3 N–H and O–H groups in total. The Bertz CT molecular complexity index is 952. The molecule has 29 heavy (non-hydrogen) atoms. The number of aromatic nitrogens is 1. The Morgan fingerprint density at radius 2 is 1.83 bits per heavy atom. The molecule has 3 rings (SSSR count). The SMILES string of the molecule is NC(=NCc1ccnc(OCC(F)F)c1)Nc1cccc(Oc2ccccc2)c1. The number of benzene rings is 2. The van der Waals surface area contributed by atoms with E-state index in [0.717, 1.165) is 17.0 Å². The first kappa shape index (κ1) is 20.1. The van der Waals surface area contributed by atoms with Crippen molar-refractivity contribution in [2.24, 2.45) is 10.7 Å². The number of pyridine rings is 1. The Morgan fingerprint density at radius 1 is 1.03 bits per heavy atom. The Morgan fingerprint density at radius 3 is 2.62 bits per heavy atom. The van der Waals surface area contributed by atoms with Crippen LogP contribution in [0.5, 0.6) is 17.4 Å². The average molecular weight is 398 g/mol. The number of ether oxygens (including phenoxy) is 2. The van der Waals surface area contributed by atoms with Gasteiger partial charge in [0.05, 0.1) is 6.54 Å². The zero-order valence-electron chi connectivity index (χ0n) is 15.5. The molecule has 1 aromatic heterocycles. The Hall–Kier alpha value is -3.68. The van der Waals surface area contributed by atoms with Gasteiger partial charge in [-0.1, -0.05) is 24.3 Å². The lowest BCUT2D eigenvalue weighted by Crippen LogP contribution is -2.22. The molecule has 0 aliphatic carbocycles. The van der Waals surface area contributed by atoms with Crippen LogP contribution in [-0.2, 0) is 6.54 Å². The maximum atomic E-state index is 12.2. The number of rotatable bonds is 8. The van der Waals surface area contributed by atoms with Crippen LogP contribution in [0, 0.1) is 0 Å². The summed E-state index contributed by atoms with van der Waals surface area (Å²) >= 11 is 0. The Kier molecular flexibility index (Phi) is 6.94. The normalized spacial score (nSPS) is 11.3. The van der Waals surface area contributed by atoms with Crippen LogP contribution < -0.4 is 20.5 Å². The minimum absolute atomic E-state index is 0.121. The van der Waals surface area contributed by atoms with Gasteiger partial charge in [0.15, 0.2) is 12.6 Å². The molecule has 0 aliphatic rings. The van der Waals surface area contributed by atoms with Crippen LogP contribution in [0.4, 0.5) is 14.5 Å². The van der Waals surface area contributed by atoms with Crippen molar-refractivity contribution < 1.29 is 18.3 Å². The van der Waals surface area contributed by atoms with E-state index in [1.807, 2.05) is 48.5 Å². The van der Waals surface area contributed by atoms with Crippen molar-refractivity contribution in [3.8, 4) is 17.4 Å². The lowest BCUT2D eigenvalue weighted by Gasteiger charge is -2.09. The first-order chi connectivity index (χ1) is 14.1. The van der Waals surface area contributed by atoms with Crippen molar-refractivity contribution in [3.05, 3.63) is 78.5 Å². The summed E-state index contributed by atoms with van der Waals surface area (Å²) in [5.74, 6) is 1.71. The molecule has 0 amide bonds. The van der Waals surface area contributed by atoms with Gasteiger partial charge < -0.3 is 20.5 Å². The third-order valence-electron chi connectivity index (χ3n) is 3.67. The average Bonchev–Trinajstić information content (AvgIpc) is 2.72. The molecule has 3 aromatic rings. The molecule has 8 heteroatoms. The summed E-state index contributed by atoms with van der Waals surface area (Å²) in [6, 6.07) is 20.0. The molecule has 150 valence electrons. The Labute approximate surface area is 167 Å². The molecule has 0 fully saturated rings. The van der Waals surface area contributed by atoms with Crippen LogP contribution in [0.3, 0.4) is 0 Å². The molecule has 6 nitrogen and oxygen atoms in total. The van der Waals surface area contributed by atoms with E-state index in [-0.39, 0.29) is 18.4 Å². The maximum absolute atomic E-state index is 12.2. The van der Waals surface area contributed by atoms with Gasteiger partial charge in [-0.15, -0.1) is 0 Å². The van der Waals surface area contributed by atoms with Gasteiger partial charge in [-0.2, -0.15) is 0 Å². The van der Waals surface area contributed by atoms with E-state index in [9.17, 15) is 8.78 Å². The van der Waals surface area contributed by atoms with Crippen molar-refractivity contribution in [2.45, 2.75) is 13.0 Å². The van der Waals surface area contributed by atoms with Crippen molar-refractivity contribution in [1.29, 1.82) is 0 Å². The van der Waals surface area contributed by atoms with Gasteiger partial charge in [0, 0.05) is 24.0 Å². The highest BCUT2D eigenvalue weighted by Crippen LogP contribution is 2.23. The first-order valence-corrected chi connectivity index (χ1v) is 8.84. The van der Waals surface area contributed by atoms with Crippen molar-refractivity contribution in [1.82, 2.24) is 4.98 Å². The number of para-hydroxylation sites is 1. The number of anilines is 1. The highest BCUT2D eigenvalue weighted by Gasteiger charge is 2.05. The largest absolute Gasteiger partial charge is 0.472 e. The highest BCUT2D eigenvalue weighted by molar-refractivity contribution is 5.92. The van der Waals surface area contributed by atoms with Crippen molar-refractivity contribution in [2.75, 3.05) is 11.9 Å². The lowest BCUT2D eigenvalue weighted by atomic mass is 10.2. The summed E-state index contributed by atoms with van der Waals surface area (Å²) in [7, 11) is 0. The van der Waals surface area contributed by atoms with E-state index in [4.69, 9.17) is 15.2 Å². The molecule has 0 saturated carbocycles. The van der Waals surface area contributed by atoms with Gasteiger partial charge >= 0.3 is 0 Å². The molecule has 0 unspecified atom stereocenters. The summed E-state index contributed by atoms with van der Waals surface area (Å²) in [6.07, 6.45) is -1.08. The second kappa shape index (κ2) is 10.0. The van der Waals surface area contributed by atoms with Gasteiger partial charge in [-0.3, -0.25) is 0 Å². The first-order valence-electron chi connectivity index (χ1n) is 8.84. The van der Waals surface area contributed by atoms with E-state index in [2.05, 4.69) is 15.3 Å². The molecule has 0 spiro atoms. The number of guanidine groups is 1. The van der Waals surface area contributed by atoms with Gasteiger partial charge in [0.25, 0.3) is 6.43 Å². The summed E-state index contributed by atoms with van der Waals surface area (Å²) in [6.45, 7) is -0.461. The number of nitrogens with two attached hydrogens (primary N) is 1. The van der Waals surface area contributed by atoms with Crippen LogP contribution in [0.15, 0.2) is 77.9 Å². The number of nitrogens with one attached hydrogen (secondary N) is 1. The molecular weight excluding hydrogens is 378 g/mol. The fourth-order valence-corrected chi connectivity index (χ4v) is 2.40. The fourth-order valence-electron chi connectivity index (χ4n) is 2.40. The number of hydrogen-bond donors (Lipinski definition) is 2. The van der Waals surface area contributed by atoms with Crippen LogP contribution in [0.2, 0.25) is 0 Å². The molecule has 1 heterocycles. The number of halogens is 2. The van der Waals surface area contributed by atoms with Crippen LogP contribution in [0.25, 0.3) is 0 Å². The zero-order chi connectivity index (χ0) is 20.5.